The van der Waals surface area contributed by atoms with Gasteiger partial charge in [-0.1, -0.05) is 6.07 Å². The second kappa shape index (κ2) is 6.80. The molecule has 1 aromatic rings. The van der Waals surface area contributed by atoms with Crippen LogP contribution in [0.2, 0.25) is 0 Å². The van der Waals surface area contributed by atoms with Gasteiger partial charge >= 0.3 is 0 Å². The van der Waals surface area contributed by atoms with Gasteiger partial charge in [0.15, 0.2) is 11.6 Å². The second-order valence-corrected chi connectivity index (χ2v) is 8.09. The number of piperidine rings is 1. The predicted molar refractivity (Wildman–Crippen MR) is 94.8 cm³/mol. The second-order valence-electron chi connectivity index (χ2n) is 8.09. The summed E-state index contributed by atoms with van der Waals surface area (Å²) in [6, 6.07) is 4.45. The van der Waals surface area contributed by atoms with Crippen LogP contribution in [0.1, 0.15) is 44.9 Å². The molecule has 1 amide bonds. The minimum Gasteiger partial charge on any atom is -0.393 e. The van der Waals surface area contributed by atoms with E-state index in [1.807, 2.05) is 9.80 Å². The Hall–Kier alpha value is -1.69. The van der Waals surface area contributed by atoms with Crippen molar-refractivity contribution in [2.24, 2.45) is 5.41 Å². The molecule has 1 N–H and O–H groups in total. The summed E-state index contributed by atoms with van der Waals surface area (Å²) in [5.74, 6) is -1.50. The fourth-order valence-corrected chi connectivity index (χ4v) is 5.02. The largest absolute Gasteiger partial charge is 0.393 e. The van der Waals surface area contributed by atoms with Crippen molar-refractivity contribution in [2.75, 3.05) is 24.5 Å². The minimum atomic E-state index is -0.845. The topological polar surface area (TPSA) is 43.8 Å². The van der Waals surface area contributed by atoms with Gasteiger partial charge in [-0.05, 0) is 57.1 Å². The van der Waals surface area contributed by atoms with E-state index >= 15 is 0 Å². The van der Waals surface area contributed by atoms with Crippen molar-refractivity contribution < 1.29 is 18.7 Å². The molecule has 3 fully saturated rings. The van der Waals surface area contributed by atoms with Gasteiger partial charge in [-0.3, -0.25) is 4.79 Å². The van der Waals surface area contributed by atoms with Crippen LogP contribution in [-0.4, -0.2) is 47.7 Å². The zero-order valence-corrected chi connectivity index (χ0v) is 15.0. The lowest BCUT2D eigenvalue weighted by Gasteiger charge is -2.41. The molecular weight excluding hydrogens is 338 g/mol. The first kappa shape index (κ1) is 17.7. The van der Waals surface area contributed by atoms with Gasteiger partial charge in [-0.15, -0.1) is 0 Å². The van der Waals surface area contributed by atoms with E-state index in [1.54, 1.807) is 6.07 Å². The van der Waals surface area contributed by atoms with Crippen LogP contribution in [0.25, 0.3) is 0 Å². The van der Waals surface area contributed by atoms with Crippen molar-refractivity contribution in [3.63, 3.8) is 0 Å². The Morgan fingerprint density at radius 3 is 2.62 bits per heavy atom. The molecule has 1 aromatic carbocycles. The van der Waals surface area contributed by atoms with Gasteiger partial charge in [0, 0.05) is 25.7 Å². The number of carbonyl (C=O) groups is 1. The van der Waals surface area contributed by atoms with Gasteiger partial charge in [0.2, 0.25) is 5.91 Å². The zero-order chi connectivity index (χ0) is 18.3. The fraction of sp³-hybridized carbons (Fsp3) is 0.650. The predicted octanol–water partition coefficient (Wildman–Crippen LogP) is 3.09. The van der Waals surface area contributed by atoms with E-state index < -0.39 is 17.0 Å². The number of amides is 1. The van der Waals surface area contributed by atoms with Gasteiger partial charge in [0.1, 0.15) is 0 Å². The van der Waals surface area contributed by atoms with Gasteiger partial charge in [-0.2, -0.15) is 0 Å². The normalized spacial score (nSPS) is 32.5. The fourth-order valence-electron chi connectivity index (χ4n) is 5.02. The van der Waals surface area contributed by atoms with E-state index in [4.69, 9.17) is 0 Å². The van der Waals surface area contributed by atoms with Crippen LogP contribution in [0.5, 0.6) is 0 Å². The van der Waals surface area contributed by atoms with Crippen LogP contribution in [-0.2, 0) is 4.79 Å². The summed E-state index contributed by atoms with van der Waals surface area (Å²) in [7, 11) is 0. The van der Waals surface area contributed by atoms with Gasteiger partial charge in [0.25, 0.3) is 0 Å². The first-order chi connectivity index (χ1) is 12.5. The maximum atomic E-state index is 14.2. The van der Waals surface area contributed by atoms with Gasteiger partial charge < -0.3 is 14.9 Å². The van der Waals surface area contributed by atoms with Gasteiger partial charge in [-0.25, -0.2) is 8.78 Å². The monoisotopic (exact) mass is 364 g/mol. The third-order valence-corrected chi connectivity index (χ3v) is 6.50. The summed E-state index contributed by atoms with van der Waals surface area (Å²) in [5, 5.41) is 9.71. The van der Waals surface area contributed by atoms with Crippen LogP contribution in [0.4, 0.5) is 14.5 Å². The number of nitrogens with zero attached hydrogens (tertiary/aromatic N) is 2. The Kier molecular flexibility index (Phi) is 4.63. The molecule has 2 aliphatic heterocycles. The molecule has 142 valence electrons. The van der Waals surface area contributed by atoms with E-state index in [1.165, 1.54) is 6.07 Å². The van der Waals surface area contributed by atoms with Crippen molar-refractivity contribution in [3.8, 4) is 0 Å². The smallest absolute Gasteiger partial charge is 0.230 e. The number of hydrogen-bond donors (Lipinski definition) is 1. The average molecular weight is 364 g/mol. The number of anilines is 1. The quantitative estimate of drug-likeness (QED) is 0.877. The molecule has 4 rings (SSSR count). The standard InChI is InChI=1S/C20H26F2N2O2/c21-16-3-1-4-17(18(16)22)23-11-2-9-20(13-23)10-12-24(19(20)26)14-5-7-15(25)8-6-14/h1,3-4,14-15,25H,2,5-13H2/t14-,15-,20-/m0/s1. The summed E-state index contributed by atoms with van der Waals surface area (Å²) in [6.45, 7) is 1.84. The molecule has 6 heteroatoms. The number of halogens is 2. The van der Waals surface area contributed by atoms with Crippen molar-refractivity contribution in [1.29, 1.82) is 0 Å². The number of aliphatic hydroxyl groups is 1. The van der Waals surface area contributed by atoms with E-state index in [-0.39, 0.29) is 23.7 Å². The summed E-state index contributed by atoms with van der Waals surface area (Å²) in [4.78, 5) is 17.1. The molecular formula is C20H26F2N2O2. The molecule has 2 saturated heterocycles. The Labute approximate surface area is 152 Å². The molecule has 3 aliphatic rings. The molecule has 1 saturated carbocycles. The molecule has 1 aliphatic carbocycles. The summed E-state index contributed by atoms with van der Waals surface area (Å²) >= 11 is 0. The highest BCUT2D eigenvalue weighted by atomic mass is 19.2. The molecule has 0 unspecified atom stereocenters. The molecule has 1 atom stereocenters. The van der Waals surface area contributed by atoms with Crippen molar-refractivity contribution in [3.05, 3.63) is 29.8 Å². The first-order valence-corrected chi connectivity index (χ1v) is 9.68. The van der Waals surface area contributed by atoms with Crippen molar-refractivity contribution in [1.82, 2.24) is 4.90 Å². The molecule has 1 spiro atoms. The minimum absolute atomic E-state index is 0.167. The molecule has 0 bridgehead atoms. The Morgan fingerprint density at radius 2 is 1.85 bits per heavy atom. The highest BCUT2D eigenvalue weighted by Crippen LogP contribution is 2.43. The number of rotatable bonds is 2. The summed E-state index contributed by atoms with van der Waals surface area (Å²) in [6.07, 6.45) is 5.36. The van der Waals surface area contributed by atoms with Crippen molar-refractivity contribution >= 4 is 11.6 Å². The Morgan fingerprint density at radius 1 is 1.08 bits per heavy atom. The van der Waals surface area contributed by atoms with Crippen LogP contribution in [0.3, 0.4) is 0 Å². The van der Waals surface area contributed by atoms with E-state index in [0.717, 1.165) is 57.6 Å². The lowest BCUT2D eigenvalue weighted by molar-refractivity contribution is -0.139. The number of carbonyl (C=O) groups excluding carboxylic acids is 1. The highest BCUT2D eigenvalue weighted by Gasteiger charge is 2.50. The molecule has 2 heterocycles. The first-order valence-electron chi connectivity index (χ1n) is 9.68. The maximum absolute atomic E-state index is 14.2. The number of aliphatic hydroxyl groups excluding tert-OH is 1. The summed E-state index contributed by atoms with van der Waals surface area (Å²) < 4.78 is 27.8. The lowest BCUT2D eigenvalue weighted by atomic mass is 9.78. The van der Waals surface area contributed by atoms with Crippen LogP contribution < -0.4 is 4.90 Å². The van der Waals surface area contributed by atoms with E-state index in [2.05, 4.69) is 0 Å². The third kappa shape index (κ3) is 2.98. The van der Waals surface area contributed by atoms with E-state index in [9.17, 15) is 18.7 Å². The molecule has 26 heavy (non-hydrogen) atoms. The number of likely N-dealkylation sites (tertiary alicyclic amines) is 1. The third-order valence-electron chi connectivity index (χ3n) is 6.50. The highest BCUT2D eigenvalue weighted by molar-refractivity contribution is 5.86. The van der Waals surface area contributed by atoms with Gasteiger partial charge in [0.05, 0.1) is 17.2 Å². The van der Waals surface area contributed by atoms with Crippen LogP contribution >= 0.6 is 0 Å². The summed E-state index contributed by atoms with van der Waals surface area (Å²) in [5.41, 5.74) is -0.219. The van der Waals surface area contributed by atoms with E-state index in [0.29, 0.717) is 13.1 Å². The zero-order valence-electron chi connectivity index (χ0n) is 15.0. The van der Waals surface area contributed by atoms with Crippen molar-refractivity contribution in [2.45, 2.75) is 57.1 Å². The maximum Gasteiger partial charge on any atom is 0.230 e. The SMILES string of the molecule is O=C1N([C@H]2CC[C@H](O)CC2)CC[C@]12CCCN(c1cccc(F)c1F)C2. The average Bonchev–Trinajstić information content (AvgIpc) is 2.94. The number of hydrogen-bond acceptors (Lipinski definition) is 3. The molecule has 4 nitrogen and oxygen atoms in total. The Bertz CT molecular complexity index is 690. The Balaban J connectivity index is 1.52. The lowest BCUT2D eigenvalue weighted by Crippen LogP contribution is -2.50. The molecule has 0 aromatic heterocycles. The molecule has 0 radical (unpaired) electrons. The number of benzene rings is 1. The van der Waals surface area contributed by atoms with Crippen LogP contribution in [0.15, 0.2) is 18.2 Å². The van der Waals surface area contributed by atoms with Crippen LogP contribution in [0, 0.1) is 17.0 Å².